The van der Waals surface area contributed by atoms with Crippen LogP contribution in [-0.4, -0.2) is 17.5 Å². The van der Waals surface area contributed by atoms with Crippen molar-refractivity contribution in [1.82, 2.24) is 0 Å². The fourth-order valence-electron chi connectivity index (χ4n) is 2.55. The molecule has 0 aliphatic heterocycles. The largest absolute Gasteiger partial charge is 0.384 e. The van der Waals surface area contributed by atoms with E-state index >= 15 is 0 Å². The smallest absolute Gasteiger partial charge is 0.0351 e. The van der Waals surface area contributed by atoms with Crippen LogP contribution < -0.4 is 5.32 Å². The molecule has 0 heterocycles. The standard InChI is InChI=1S/C15H22BrNS/c1-12-4-2-7-15(10-12)18-9-8-17-14-6-3-5-13(16)11-14/h3,5-6,11-12,15,17H,2,4,7-10H2,1H3. The van der Waals surface area contributed by atoms with Gasteiger partial charge in [0.15, 0.2) is 0 Å². The summed E-state index contributed by atoms with van der Waals surface area (Å²) < 4.78 is 1.14. The van der Waals surface area contributed by atoms with E-state index in [2.05, 4.69) is 64.2 Å². The molecule has 18 heavy (non-hydrogen) atoms. The van der Waals surface area contributed by atoms with Gasteiger partial charge in [-0.25, -0.2) is 0 Å². The first-order chi connectivity index (χ1) is 8.74. The molecule has 0 spiro atoms. The minimum absolute atomic E-state index is 0.901. The Kier molecular flexibility index (Phi) is 5.90. The minimum Gasteiger partial charge on any atom is -0.384 e. The normalized spacial score (nSPS) is 23.9. The number of rotatable bonds is 5. The molecule has 3 heteroatoms. The van der Waals surface area contributed by atoms with E-state index in [1.807, 2.05) is 0 Å². The molecule has 2 rings (SSSR count). The van der Waals surface area contributed by atoms with Crippen LogP contribution in [0.3, 0.4) is 0 Å². The first-order valence-electron chi connectivity index (χ1n) is 6.85. The zero-order valence-electron chi connectivity index (χ0n) is 11.0. The zero-order valence-corrected chi connectivity index (χ0v) is 13.4. The molecule has 0 bridgehead atoms. The molecule has 2 atom stereocenters. The predicted molar refractivity (Wildman–Crippen MR) is 86.5 cm³/mol. The monoisotopic (exact) mass is 327 g/mol. The fourth-order valence-corrected chi connectivity index (χ4v) is 4.30. The topological polar surface area (TPSA) is 12.0 Å². The van der Waals surface area contributed by atoms with Crippen LogP contribution >= 0.6 is 27.7 Å². The molecule has 0 amide bonds. The molecule has 1 aromatic carbocycles. The summed E-state index contributed by atoms with van der Waals surface area (Å²) in [5.74, 6) is 2.15. The third-order valence-electron chi connectivity index (χ3n) is 3.50. The van der Waals surface area contributed by atoms with E-state index in [0.717, 1.165) is 22.2 Å². The van der Waals surface area contributed by atoms with Gasteiger partial charge < -0.3 is 5.32 Å². The number of halogens is 1. The van der Waals surface area contributed by atoms with E-state index in [1.165, 1.54) is 37.1 Å². The summed E-state index contributed by atoms with van der Waals surface area (Å²) in [6.45, 7) is 3.46. The maximum absolute atomic E-state index is 3.50. The summed E-state index contributed by atoms with van der Waals surface area (Å²) in [6, 6.07) is 8.39. The quantitative estimate of drug-likeness (QED) is 0.748. The lowest BCUT2D eigenvalue weighted by Crippen LogP contribution is -2.17. The second kappa shape index (κ2) is 7.44. The van der Waals surface area contributed by atoms with Gasteiger partial charge in [-0.15, -0.1) is 0 Å². The average molecular weight is 328 g/mol. The second-order valence-corrected chi connectivity index (χ2v) is 7.53. The Morgan fingerprint density at radius 2 is 2.28 bits per heavy atom. The molecule has 1 saturated carbocycles. The van der Waals surface area contributed by atoms with Crippen molar-refractivity contribution in [1.29, 1.82) is 0 Å². The summed E-state index contributed by atoms with van der Waals surface area (Å²) in [6.07, 6.45) is 5.71. The van der Waals surface area contributed by atoms with Crippen LogP contribution in [0.15, 0.2) is 28.7 Å². The van der Waals surface area contributed by atoms with Crippen molar-refractivity contribution in [3.63, 3.8) is 0 Å². The van der Waals surface area contributed by atoms with Gasteiger partial charge in [-0.1, -0.05) is 41.8 Å². The first kappa shape index (κ1) is 14.3. The summed E-state index contributed by atoms with van der Waals surface area (Å²) in [5, 5.41) is 4.39. The van der Waals surface area contributed by atoms with E-state index in [9.17, 15) is 0 Å². The van der Waals surface area contributed by atoms with Crippen LogP contribution in [0, 0.1) is 5.92 Å². The Balaban J connectivity index is 1.64. The van der Waals surface area contributed by atoms with Crippen molar-refractivity contribution in [2.24, 2.45) is 5.92 Å². The van der Waals surface area contributed by atoms with E-state index in [-0.39, 0.29) is 0 Å². The molecule has 0 saturated heterocycles. The van der Waals surface area contributed by atoms with Crippen molar-refractivity contribution in [3.8, 4) is 0 Å². The Morgan fingerprint density at radius 3 is 3.06 bits per heavy atom. The molecule has 1 aliphatic rings. The maximum atomic E-state index is 3.50. The van der Waals surface area contributed by atoms with Gasteiger partial charge in [0, 0.05) is 27.7 Å². The molecule has 0 aromatic heterocycles. The summed E-state index contributed by atoms with van der Waals surface area (Å²) >= 11 is 5.65. The molecule has 1 aromatic rings. The molecular formula is C15H22BrNS. The third kappa shape index (κ3) is 4.85. The van der Waals surface area contributed by atoms with Crippen molar-refractivity contribution >= 4 is 33.4 Å². The van der Waals surface area contributed by atoms with Crippen LogP contribution in [-0.2, 0) is 0 Å². The first-order valence-corrected chi connectivity index (χ1v) is 8.69. The van der Waals surface area contributed by atoms with Crippen LogP contribution in [0.25, 0.3) is 0 Å². The van der Waals surface area contributed by atoms with Gasteiger partial charge in [-0.05, 0) is 37.0 Å². The van der Waals surface area contributed by atoms with Gasteiger partial charge in [0.25, 0.3) is 0 Å². The van der Waals surface area contributed by atoms with E-state index < -0.39 is 0 Å². The molecule has 1 aliphatic carbocycles. The van der Waals surface area contributed by atoms with Gasteiger partial charge in [0.05, 0.1) is 0 Å². The number of nitrogens with one attached hydrogen (secondary N) is 1. The lowest BCUT2D eigenvalue weighted by molar-refractivity contribution is 0.394. The lowest BCUT2D eigenvalue weighted by atomic mass is 9.91. The Labute approximate surface area is 123 Å². The van der Waals surface area contributed by atoms with Gasteiger partial charge in [0.2, 0.25) is 0 Å². The SMILES string of the molecule is CC1CCCC(SCCNc2cccc(Br)c2)C1. The predicted octanol–water partition coefficient (Wildman–Crippen LogP) is 5.17. The third-order valence-corrected chi connectivity index (χ3v) is 5.33. The highest BCUT2D eigenvalue weighted by Crippen LogP contribution is 2.31. The molecule has 1 N–H and O–H groups in total. The van der Waals surface area contributed by atoms with Crippen LogP contribution in [0.4, 0.5) is 5.69 Å². The van der Waals surface area contributed by atoms with E-state index in [4.69, 9.17) is 0 Å². The molecule has 1 fully saturated rings. The van der Waals surface area contributed by atoms with Gasteiger partial charge in [0.1, 0.15) is 0 Å². The van der Waals surface area contributed by atoms with Crippen LogP contribution in [0.1, 0.15) is 32.6 Å². The van der Waals surface area contributed by atoms with Gasteiger partial charge in [-0.2, -0.15) is 11.8 Å². The summed E-state index contributed by atoms with van der Waals surface area (Å²) in [4.78, 5) is 0. The van der Waals surface area contributed by atoms with Crippen molar-refractivity contribution in [3.05, 3.63) is 28.7 Å². The Hall–Kier alpha value is -0.150. The summed E-state index contributed by atoms with van der Waals surface area (Å²) in [5.41, 5.74) is 1.21. The highest BCUT2D eigenvalue weighted by Gasteiger charge is 2.18. The van der Waals surface area contributed by atoms with E-state index in [0.29, 0.717) is 0 Å². The Bertz CT molecular complexity index is 369. The molecular weight excluding hydrogens is 306 g/mol. The number of hydrogen-bond acceptors (Lipinski definition) is 2. The zero-order chi connectivity index (χ0) is 12.8. The fraction of sp³-hybridized carbons (Fsp3) is 0.600. The summed E-state index contributed by atoms with van der Waals surface area (Å²) in [7, 11) is 0. The van der Waals surface area contributed by atoms with Crippen LogP contribution in [0.2, 0.25) is 0 Å². The maximum Gasteiger partial charge on any atom is 0.0351 e. The van der Waals surface area contributed by atoms with Crippen molar-refractivity contribution < 1.29 is 0 Å². The van der Waals surface area contributed by atoms with Gasteiger partial charge in [-0.3, -0.25) is 0 Å². The molecule has 2 unspecified atom stereocenters. The lowest BCUT2D eigenvalue weighted by Gasteiger charge is -2.26. The van der Waals surface area contributed by atoms with E-state index in [1.54, 1.807) is 0 Å². The van der Waals surface area contributed by atoms with Crippen molar-refractivity contribution in [2.75, 3.05) is 17.6 Å². The highest BCUT2D eigenvalue weighted by atomic mass is 79.9. The molecule has 1 nitrogen and oxygen atoms in total. The highest BCUT2D eigenvalue weighted by molar-refractivity contribution is 9.10. The number of anilines is 1. The molecule has 0 radical (unpaired) electrons. The number of hydrogen-bond donors (Lipinski definition) is 1. The Morgan fingerprint density at radius 1 is 1.39 bits per heavy atom. The number of thioether (sulfide) groups is 1. The van der Waals surface area contributed by atoms with Gasteiger partial charge >= 0.3 is 0 Å². The molecule has 100 valence electrons. The second-order valence-electron chi connectivity index (χ2n) is 5.20. The van der Waals surface area contributed by atoms with Crippen molar-refractivity contribution in [2.45, 2.75) is 37.9 Å². The van der Waals surface area contributed by atoms with Crippen LogP contribution in [0.5, 0.6) is 0 Å². The number of benzene rings is 1. The minimum atomic E-state index is 0.901. The average Bonchev–Trinajstić information content (AvgIpc) is 2.35.